The van der Waals surface area contributed by atoms with Crippen LogP contribution >= 0.6 is 0 Å². The van der Waals surface area contributed by atoms with E-state index in [4.69, 9.17) is 4.74 Å². The summed E-state index contributed by atoms with van der Waals surface area (Å²) in [6.45, 7) is 8.73. The van der Waals surface area contributed by atoms with E-state index in [1.807, 2.05) is 11.8 Å². The number of carbonyl (C=O) groups is 1. The van der Waals surface area contributed by atoms with Gasteiger partial charge in [0.1, 0.15) is 0 Å². The van der Waals surface area contributed by atoms with Crippen molar-refractivity contribution in [1.82, 2.24) is 10.2 Å². The summed E-state index contributed by atoms with van der Waals surface area (Å²) in [7, 11) is 0. The number of hydrogen-bond acceptors (Lipinski definition) is 3. The Morgan fingerprint density at radius 2 is 2.08 bits per heavy atom. The van der Waals surface area contributed by atoms with Crippen molar-refractivity contribution in [1.29, 1.82) is 0 Å². The summed E-state index contributed by atoms with van der Waals surface area (Å²) in [6.07, 6.45) is 2.22. The van der Waals surface area contributed by atoms with Gasteiger partial charge in [-0.05, 0) is 44.7 Å². The summed E-state index contributed by atoms with van der Waals surface area (Å²) in [5.74, 6) is 0. The van der Waals surface area contributed by atoms with Crippen LogP contribution in [0.25, 0.3) is 0 Å². The van der Waals surface area contributed by atoms with E-state index >= 15 is 0 Å². The van der Waals surface area contributed by atoms with Crippen molar-refractivity contribution >= 4 is 6.03 Å². The normalized spacial score (nSPS) is 24.9. The van der Waals surface area contributed by atoms with Crippen LogP contribution in [0.2, 0.25) is 0 Å². The lowest BCUT2D eigenvalue weighted by atomic mass is 9.58. The van der Waals surface area contributed by atoms with Gasteiger partial charge < -0.3 is 20.1 Å². The maximum atomic E-state index is 12.5. The lowest BCUT2D eigenvalue weighted by Crippen LogP contribution is -2.63. The van der Waals surface area contributed by atoms with Gasteiger partial charge in [-0.15, -0.1) is 0 Å². The van der Waals surface area contributed by atoms with Gasteiger partial charge in [0.25, 0.3) is 0 Å². The molecule has 2 atom stereocenters. The molecule has 0 aromatic heterocycles. The molecule has 5 heteroatoms. The maximum absolute atomic E-state index is 12.5. The summed E-state index contributed by atoms with van der Waals surface area (Å²) < 4.78 is 5.79. The number of ether oxygens (including phenoxy) is 1. The van der Waals surface area contributed by atoms with Gasteiger partial charge in [0, 0.05) is 38.1 Å². The molecule has 1 heterocycles. The molecule has 5 nitrogen and oxygen atoms in total. The molecule has 2 aliphatic rings. The number of benzene rings is 1. The molecule has 1 aliphatic carbocycles. The van der Waals surface area contributed by atoms with Crippen LogP contribution < -0.4 is 5.32 Å². The number of likely N-dealkylation sites (tertiary alicyclic amines) is 1. The van der Waals surface area contributed by atoms with Gasteiger partial charge in [-0.1, -0.05) is 23.8 Å². The van der Waals surface area contributed by atoms with Gasteiger partial charge in [-0.25, -0.2) is 4.79 Å². The quantitative estimate of drug-likeness (QED) is 0.881. The number of urea groups is 1. The first-order valence-electron chi connectivity index (χ1n) is 9.35. The molecule has 1 saturated carbocycles. The zero-order valence-corrected chi connectivity index (χ0v) is 15.5. The number of carbonyl (C=O) groups excluding carboxylic acids is 1. The van der Waals surface area contributed by atoms with E-state index in [9.17, 15) is 9.90 Å². The molecule has 1 aromatic rings. The minimum atomic E-state index is -0.288. The molecule has 1 aliphatic heterocycles. The second-order valence-corrected chi connectivity index (χ2v) is 7.50. The number of aryl methyl sites for hydroxylation is 2. The molecule has 1 saturated heterocycles. The summed E-state index contributed by atoms with van der Waals surface area (Å²) in [6, 6.07) is 6.27. The fourth-order valence-corrected chi connectivity index (χ4v) is 4.27. The Morgan fingerprint density at radius 3 is 2.68 bits per heavy atom. The maximum Gasteiger partial charge on any atom is 0.317 e. The Bertz CT molecular complexity index is 621. The summed E-state index contributed by atoms with van der Waals surface area (Å²) >= 11 is 0. The number of amides is 2. The summed E-state index contributed by atoms with van der Waals surface area (Å²) in [5.41, 5.74) is 3.45. The lowest BCUT2D eigenvalue weighted by Gasteiger charge is -2.56. The molecule has 2 fully saturated rings. The molecule has 0 bridgehead atoms. The monoisotopic (exact) mass is 346 g/mol. The third-order valence-corrected chi connectivity index (χ3v) is 6.02. The average molecular weight is 346 g/mol. The third-order valence-electron chi connectivity index (χ3n) is 6.02. The first kappa shape index (κ1) is 18.2. The Kier molecular flexibility index (Phi) is 5.35. The third kappa shape index (κ3) is 3.53. The molecule has 0 radical (unpaired) electrons. The Hall–Kier alpha value is -1.59. The fourth-order valence-electron chi connectivity index (χ4n) is 4.27. The highest BCUT2D eigenvalue weighted by Gasteiger charge is 2.56. The number of nitrogens with one attached hydrogen (secondary N) is 1. The zero-order chi connectivity index (χ0) is 18.0. The van der Waals surface area contributed by atoms with Crippen LogP contribution in [0.4, 0.5) is 4.79 Å². The van der Waals surface area contributed by atoms with E-state index in [0.29, 0.717) is 26.2 Å². The minimum Gasteiger partial charge on any atom is -0.392 e. The second-order valence-electron chi connectivity index (χ2n) is 7.50. The van der Waals surface area contributed by atoms with Crippen molar-refractivity contribution < 1.29 is 14.6 Å². The van der Waals surface area contributed by atoms with Gasteiger partial charge >= 0.3 is 6.03 Å². The van der Waals surface area contributed by atoms with Crippen molar-refractivity contribution in [2.75, 3.05) is 19.7 Å². The second kappa shape index (κ2) is 7.34. The smallest absolute Gasteiger partial charge is 0.317 e. The first-order valence-corrected chi connectivity index (χ1v) is 9.35. The number of nitrogens with zero attached hydrogens (tertiary/aromatic N) is 1. The Balaban J connectivity index is 1.52. The van der Waals surface area contributed by atoms with Crippen molar-refractivity contribution in [3.05, 3.63) is 34.9 Å². The molecule has 1 spiro atoms. The van der Waals surface area contributed by atoms with E-state index in [0.717, 1.165) is 24.8 Å². The van der Waals surface area contributed by atoms with Crippen LogP contribution in [0, 0.1) is 19.3 Å². The van der Waals surface area contributed by atoms with Crippen molar-refractivity contribution in [2.45, 2.75) is 58.8 Å². The highest BCUT2D eigenvalue weighted by Crippen LogP contribution is 2.50. The lowest BCUT2D eigenvalue weighted by molar-refractivity contribution is -0.207. The molecular formula is C20H30N2O3. The predicted molar refractivity (Wildman–Crippen MR) is 97.4 cm³/mol. The number of piperidine rings is 1. The summed E-state index contributed by atoms with van der Waals surface area (Å²) in [5, 5.41) is 13.3. The number of aliphatic hydroxyl groups is 1. The van der Waals surface area contributed by atoms with Gasteiger partial charge in [-0.3, -0.25) is 0 Å². The molecular weight excluding hydrogens is 316 g/mol. The van der Waals surface area contributed by atoms with E-state index in [1.165, 1.54) is 11.1 Å². The molecule has 25 heavy (non-hydrogen) atoms. The fraction of sp³-hybridized carbons (Fsp3) is 0.650. The van der Waals surface area contributed by atoms with E-state index in [-0.39, 0.29) is 23.7 Å². The Morgan fingerprint density at radius 1 is 1.36 bits per heavy atom. The molecule has 0 unspecified atom stereocenters. The predicted octanol–water partition coefficient (Wildman–Crippen LogP) is 2.76. The van der Waals surface area contributed by atoms with Crippen LogP contribution in [-0.2, 0) is 11.3 Å². The van der Waals surface area contributed by atoms with Crippen LogP contribution in [0.1, 0.15) is 42.9 Å². The molecule has 138 valence electrons. The van der Waals surface area contributed by atoms with Gasteiger partial charge in [0.2, 0.25) is 0 Å². The molecule has 3 rings (SSSR count). The van der Waals surface area contributed by atoms with E-state index < -0.39 is 0 Å². The highest BCUT2D eigenvalue weighted by atomic mass is 16.5. The van der Waals surface area contributed by atoms with Gasteiger partial charge in [-0.2, -0.15) is 0 Å². The van der Waals surface area contributed by atoms with Crippen molar-refractivity contribution in [2.24, 2.45) is 5.41 Å². The minimum absolute atomic E-state index is 0.0170. The SMILES string of the molecule is CCO[C@@H]1C[C@H](O)C12CCN(C(=O)NCc1ccc(C)cc1C)CC2. The first-order chi connectivity index (χ1) is 12.0. The van der Waals surface area contributed by atoms with Gasteiger partial charge in [0.15, 0.2) is 0 Å². The van der Waals surface area contributed by atoms with E-state index in [2.05, 4.69) is 37.4 Å². The highest BCUT2D eigenvalue weighted by molar-refractivity contribution is 5.74. The van der Waals surface area contributed by atoms with Crippen molar-refractivity contribution in [3.63, 3.8) is 0 Å². The largest absolute Gasteiger partial charge is 0.392 e. The zero-order valence-electron chi connectivity index (χ0n) is 15.5. The van der Waals surface area contributed by atoms with Crippen LogP contribution in [-0.4, -0.2) is 47.9 Å². The summed E-state index contributed by atoms with van der Waals surface area (Å²) in [4.78, 5) is 14.3. The molecule has 2 N–H and O–H groups in total. The van der Waals surface area contributed by atoms with Crippen LogP contribution in [0.3, 0.4) is 0 Å². The van der Waals surface area contributed by atoms with Gasteiger partial charge in [0.05, 0.1) is 12.2 Å². The number of hydrogen-bond donors (Lipinski definition) is 2. The topological polar surface area (TPSA) is 61.8 Å². The van der Waals surface area contributed by atoms with Crippen LogP contribution in [0.15, 0.2) is 18.2 Å². The average Bonchev–Trinajstić information content (AvgIpc) is 2.61. The standard InChI is InChI=1S/C20H30N2O3/c1-4-25-18-12-17(23)20(18)7-9-22(10-8-20)19(24)21-13-16-6-5-14(2)11-15(16)3/h5-6,11,17-18,23H,4,7-10,12-13H2,1-3H3,(H,21,24)/t17-,18+/m0/s1. The van der Waals surface area contributed by atoms with Crippen LogP contribution in [0.5, 0.6) is 0 Å². The number of aliphatic hydroxyl groups excluding tert-OH is 1. The van der Waals surface area contributed by atoms with Crippen molar-refractivity contribution in [3.8, 4) is 0 Å². The number of rotatable bonds is 4. The van der Waals surface area contributed by atoms with E-state index in [1.54, 1.807) is 0 Å². The molecule has 2 amide bonds. The molecule has 1 aromatic carbocycles. The Labute approximate surface area is 150 Å².